The lowest BCUT2D eigenvalue weighted by Gasteiger charge is -2.32. The van der Waals surface area contributed by atoms with E-state index in [1.54, 1.807) is 0 Å². The van der Waals surface area contributed by atoms with Crippen LogP contribution in [0, 0.1) is 10.1 Å². The summed E-state index contributed by atoms with van der Waals surface area (Å²) < 4.78 is 55.9. The van der Waals surface area contributed by atoms with Gasteiger partial charge in [-0.25, -0.2) is 4.39 Å². The Bertz CT molecular complexity index is 827. The van der Waals surface area contributed by atoms with Gasteiger partial charge >= 0.3 is 6.18 Å². The molecule has 132 valence electrons. The van der Waals surface area contributed by atoms with E-state index in [0.29, 0.717) is 11.3 Å². The molecule has 0 radical (unpaired) electrons. The molecule has 1 atom stereocenters. The Balaban J connectivity index is 2.23. The fourth-order valence-electron chi connectivity index (χ4n) is 3.23. The smallest absolute Gasteiger partial charge is 0.361 e. The molecule has 1 heterocycles. The van der Waals surface area contributed by atoms with E-state index in [1.165, 1.54) is 42.5 Å². The van der Waals surface area contributed by atoms with Gasteiger partial charge in [0.1, 0.15) is 5.83 Å². The van der Waals surface area contributed by atoms with Gasteiger partial charge in [0.25, 0.3) is 0 Å². The Kier molecular flexibility index (Phi) is 4.14. The third kappa shape index (κ3) is 2.92. The minimum atomic E-state index is -4.92. The molecule has 1 aliphatic carbocycles. The van der Waals surface area contributed by atoms with Crippen molar-refractivity contribution in [3.63, 3.8) is 0 Å². The highest BCUT2D eigenvalue weighted by molar-refractivity contribution is 5.44. The van der Waals surface area contributed by atoms with Crippen LogP contribution in [0.4, 0.5) is 17.6 Å². The van der Waals surface area contributed by atoms with Gasteiger partial charge in [0, 0.05) is 29.2 Å². The molecule has 0 amide bonds. The maximum absolute atomic E-state index is 14.1. The quantitative estimate of drug-likeness (QED) is 0.511. The maximum atomic E-state index is 14.1. The van der Waals surface area contributed by atoms with Crippen LogP contribution in [0.5, 0.6) is 0 Å². The van der Waals surface area contributed by atoms with E-state index in [-0.39, 0.29) is 24.1 Å². The number of benzene rings is 1. The number of allylic oxidation sites excluding steroid dienone is 2. The molecule has 0 aliphatic heterocycles. The second kappa shape index (κ2) is 6.02. The topological polar surface area (TPSA) is 58.9 Å². The molecule has 0 saturated carbocycles. The Morgan fingerprint density at radius 2 is 1.88 bits per heavy atom. The molecule has 1 aromatic heterocycles. The van der Waals surface area contributed by atoms with Crippen LogP contribution >= 0.6 is 0 Å². The SMILES string of the molecule is O=[N+]([O-])CC(c1ccccc1)(c1cc2c([nH]1)CC=C(F)C2)C(F)(F)F. The van der Waals surface area contributed by atoms with Crippen molar-refractivity contribution in [2.75, 3.05) is 6.54 Å². The molecule has 1 aliphatic rings. The average Bonchev–Trinajstić information content (AvgIpc) is 2.95. The third-order valence-corrected chi connectivity index (χ3v) is 4.46. The first kappa shape index (κ1) is 17.2. The number of nitrogens with zero attached hydrogens (tertiary/aromatic N) is 1. The van der Waals surface area contributed by atoms with E-state index < -0.39 is 28.9 Å². The van der Waals surface area contributed by atoms with Crippen molar-refractivity contribution in [3.8, 4) is 0 Å². The molecule has 0 saturated heterocycles. The molecule has 0 fully saturated rings. The zero-order chi connectivity index (χ0) is 18.2. The predicted octanol–water partition coefficient (Wildman–Crippen LogP) is 4.09. The van der Waals surface area contributed by atoms with E-state index in [2.05, 4.69) is 4.98 Å². The van der Waals surface area contributed by atoms with Crippen molar-refractivity contribution < 1.29 is 22.5 Å². The summed E-state index contributed by atoms with van der Waals surface area (Å²) in [6.07, 6.45) is -3.62. The number of alkyl halides is 3. The van der Waals surface area contributed by atoms with E-state index in [0.717, 1.165) is 0 Å². The van der Waals surface area contributed by atoms with Crippen molar-refractivity contribution in [3.05, 3.63) is 80.9 Å². The van der Waals surface area contributed by atoms with Gasteiger partial charge in [-0.05, 0) is 23.3 Å². The number of nitrogens with one attached hydrogen (secondary N) is 1. The first-order chi connectivity index (χ1) is 11.7. The van der Waals surface area contributed by atoms with Crippen molar-refractivity contribution in [2.24, 2.45) is 0 Å². The first-order valence-electron chi connectivity index (χ1n) is 7.54. The molecule has 25 heavy (non-hydrogen) atoms. The van der Waals surface area contributed by atoms with Crippen LogP contribution in [0.15, 0.2) is 48.3 Å². The highest BCUT2D eigenvalue weighted by atomic mass is 19.4. The number of H-pyrrole nitrogens is 1. The summed E-state index contributed by atoms with van der Waals surface area (Å²) in [7, 11) is 0. The zero-order valence-corrected chi connectivity index (χ0v) is 12.9. The second-order valence-corrected chi connectivity index (χ2v) is 5.98. The van der Waals surface area contributed by atoms with Crippen molar-refractivity contribution in [1.29, 1.82) is 0 Å². The predicted molar refractivity (Wildman–Crippen MR) is 82.5 cm³/mol. The molecule has 1 N–H and O–H groups in total. The summed E-state index contributed by atoms with van der Waals surface area (Å²) in [5.74, 6) is -0.426. The molecule has 3 rings (SSSR count). The lowest BCUT2D eigenvalue weighted by molar-refractivity contribution is -0.498. The maximum Gasteiger partial charge on any atom is 0.410 e. The molecule has 4 nitrogen and oxygen atoms in total. The highest BCUT2D eigenvalue weighted by Crippen LogP contribution is 2.47. The summed E-state index contributed by atoms with van der Waals surface area (Å²) in [6.45, 7) is -1.35. The van der Waals surface area contributed by atoms with E-state index >= 15 is 0 Å². The Hall–Kier alpha value is -2.64. The van der Waals surface area contributed by atoms with Crippen LogP contribution in [0.3, 0.4) is 0 Å². The number of fused-ring (bicyclic) bond motifs is 1. The second-order valence-electron chi connectivity index (χ2n) is 5.98. The Morgan fingerprint density at radius 1 is 1.20 bits per heavy atom. The molecular formula is C17H14F4N2O2. The number of hydrogen-bond donors (Lipinski definition) is 1. The lowest BCUT2D eigenvalue weighted by Crippen LogP contribution is -2.49. The van der Waals surface area contributed by atoms with Crippen LogP contribution in [0.25, 0.3) is 0 Å². The molecule has 8 heteroatoms. The van der Waals surface area contributed by atoms with Crippen LogP contribution in [0.2, 0.25) is 0 Å². The number of hydrogen-bond acceptors (Lipinski definition) is 2. The fourth-order valence-corrected chi connectivity index (χ4v) is 3.23. The lowest BCUT2D eigenvalue weighted by atomic mass is 9.76. The van der Waals surface area contributed by atoms with Gasteiger partial charge in [0.15, 0.2) is 5.41 Å². The van der Waals surface area contributed by atoms with E-state index in [9.17, 15) is 27.7 Å². The first-order valence-corrected chi connectivity index (χ1v) is 7.54. The molecule has 1 unspecified atom stereocenters. The minimum Gasteiger partial charge on any atom is -0.361 e. The Labute approximate surface area is 140 Å². The van der Waals surface area contributed by atoms with Crippen molar-refractivity contribution >= 4 is 0 Å². The minimum absolute atomic E-state index is 0.118. The van der Waals surface area contributed by atoms with Crippen LogP contribution in [0.1, 0.15) is 22.5 Å². The zero-order valence-electron chi connectivity index (χ0n) is 12.9. The van der Waals surface area contributed by atoms with E-state index in [1.807, 2.05) is 0 Å². The Morgan fingerprint density at radius 3 is 2.48 bits per heavy atom. The van der Waals surface area contributed by atoms with Gasteiger partial charge in [0.05, 0.1) is 0 Å². The molecule has 2 aromatic rings. The van der Waals surface area contributed by atoms with Gasteiger partial charge in [-0.2, -0.15) is 13.2 Å². The van der Waals surface area contributed by atoms with E-state index in [4.69, 9.17) is 0 Å². The summed E-state index contributed by atoms with van der Waals surface area (Å²) in [5.41, 5.74) is -2.56. The third-order valence-electron chi connectivity index (χ3n) is 4.46. The fraction of sp³-hybridized carbons (Fsp3) is 0.294. The highest BCUT2D eigenvalue weighted by Gasteiger charge is 2.62. The molecule has 0 spiro atoms. The number of aromatic amines is 1. The van der Waals surface area contributed by atoms with Crippen LogP contribution in [-0.4, -0.2) is 22.6 Å². The average molecular weight is 354 g/mol. The van der Waals surface area contributed by atoms with Crippen molar-refractivity contribution in [2.45, 2.75) is 24.4 Å². The standard InChI is InChI=1S/C17H14F4N2O2/c18-13-6-7-14-11(8-13)9-15(22-14)16(10-23(24)25,17(19,20)21)12-4-2-1-3-5-12/h1-6,9,22H,7-8,10H2. The number of halogens is 4. The number of rotatable bonds is 4. The van der Waals surface area contributed by atoms with Gasteiger partial charge in [0.2, 0.25) is 6.54 Å². The number of aromatic nitrogens is 1. The summed E-state index contributed by atoms with van der Waals surface area (Å²) in [6, 6.07) is 7.98. The van der Waals surface area contributed by atoms with Crippen LogP contribution in [-0.2, 0) is 18.3 Å². The summed E-state index contributed by atoms with van der Waals surface area (Å²) in [5, 5.41) is 11.1. The van der Waals surface area contributed by atoms with Crippen molar-refractivity contribution in [1.82, 2.24) is 4.98 Å². The largest absolute Gasteiger partial charge is 0.410 e. The molecular weight excluding hydrogens is 340 g/mol. The van der Waals surface area contributed by atoms with Gasteiger partial charge in [-0.1, -0.05) is 30.3 Å². The summed E-state index contributed by atoms with van der Waals surface area (Å²) in [4.78, 5) is 12.8. The monoisotopic (exact) mass is 354 g/mol. The normalized spacial score (nSPS) is 16.7. The summed E-state index contributed by atoms with van der Waals surface area (Å²) >= 11 is 0. The van der Waals surface area contributed by atoms with Gasteiger partial charge in [-0.15, -0.1) is 0 Å². The van der Waals surface area contributed by atoms with Gasteiger partial charge < -0.3 is 4.98 Å². The molecule has 1 aromatic carbocycles. The molecule has 0 bridgehead atoms. The van der Waals surface area contributed by atoms with Crippen LogP contribution < -0.4 is 0 Å². The van der Waals surface area contributed by atoms with Gasteiger partial charge in [-0.3, -0.25) is 10.1 Å². The number of nitro groups is 1.